The molecule has 18 rings (SSSR count). The van der Waals surface area contributed by atoms with Gasteiger partial charge in [0.25, 0.3) is 0 Å². The summed E-state index contributed by atoms with van der Waals surface area (Å²) in [7, 11) is 4.06. The maximum Gasteiger partial charge on any atom is 0.410 e. The zero-order valence-electron chi connectivity index (χ0n) is 85.4. The van der Waals surface area contributed by atoms with Gasteiger partial charge in [0, 0.05) is 62.1 Å². The van der Waals surface area contributed by atoms with Crippen molar-refractivity contribution in [3.63, 3.8) is 0 Å². The predicted molar refractivity (Wildman–Crippen MR) is 554 cm³/mol. The zero-order chi connectivity index (χ0) is 104. The number of carbonyl (C=O) groups is 10. The highest BCUT2D eigenvalue weighted by molar-refractivity contribution is 5.91. The Morgan fingerprint density at radius 2 is 0.623 bits per heavy atom. The number of fused-ring (bicyclic) bond motifs is 15. The van der Waals surface area contributed by atoms with E-state index < -0.39 is 89.9 Å². The Bertz CT molecular complexity index is 6090. The number of alkyl carbamates (subject to hydrolysis) is 3. The van der Waals surface area contributed by atoms with Crippen LogP contribution in [-0.2, 0) is 80.9 Å². The van der Waals surface area contributed by atoms with Gasteiger partial charge in [-0.1, -0.05) is 249 Å². The van der Waals surface area contributed by atoms with Gasteiger partial charge in [0.15, 0.2) is 0 Å². The van der Waals surface area contributed by atoms with Gasteiger partial charge in [0.1, 0.15) is 51.2 Å². The lowest BCUT2D eigenvalue weighted by atomic mass is 9.97. The molecular weight excluding hydrogens is 1850 g/mol. The highest BCUT2D eigenvalue weighted by Crippen LogP contribution is 2.51. The normalized spacial score (nSPS) is 17.9. The van der Waals surface area contributed by atoms with Crippen LogP contribution in [0.25, 0.3) is 55.6 Å². The van der Waals surface area contributed by atoms with Crippen molar-refractivity contribution in [2.45, 2.75) is 222 Å². The van der Waals surface area contributed by atoms with Crippen LogP contribution in [0, 0.1) is 11.8 Å². The van der Waals surface area contributed by atoms with Crippen LogP contribution < -0.4 is 16.0 Å². The minimum atomic E-state index is -1.02. The Kier molecular flexibility index (Phi) is 35.2. The monoisotopic (exact) mass is 1990 g/mol. The van der Waals surface area contributed by atoms with Crippen LogP contribution in [0.4, 0.5) is 19.2 Å². The lowest BCUT2D eigenvalue weighted by Gasteiger charge is -2.28. The molecule has 768 valence electrons. The van der Waals surface area contributed by atoms with Crippen LogP contribution in [0.5, 0.6) is 0 Å². The van der Waals surface area contributed by atoms with Gasteiger partial charge in [-0.05, 0) is 225 Å². The van der Waals surface area contributed by atoms with E-state index in [2.05, 4.69) is 113 Å². The van der Waals surface area contributed by atoms with E-state index in [0.717, 1.165) is 108 Å². The van der Waals surface area contributed by atoms with Crippen LogP contribution in [0.15, 0.2) is 243 Å². The first-order valence-corrected chi connectivity index (χ1v) is 50.8. The molecule has 10 aromatic carbocycles. The number of aliphatic carboxylic acids is 1. The first-order chi connectivity index (χ1) is 70.2. The molecule has 8 atom stereocenters. The minimum Gasteiger partial charge on any atom is -0.481 e. The van der Waals surface area contributed by atoms with Crippen LogP contribution in [-0.4, -0.2) is 209 Å². The van der Waals surface area contributed by atoms with Gasteiger partial charge in [0.05, 0.1) is 81.2 Å². The molecular formula is C119H135N5O22. The molecule has 0 radical (unpaired) electrons. The summed E-state index contributed by atoms with van der Waals surface area (Å²) in [5.41, 5.74) is 21.7. The number of ether oxygens (including phenoxy) is 11. The largest absolute Gasteiger partial charge is 0.481 e. The standard InChI is InChI=1S/C46H51N3O8.C37H35NO6.C25H29NO5.C11H20O3/c1-46(2,3)57-29-25-41(43(51)54-4)49(26-29)42(50)40(48-45(53)56-28-39-36-21-11-7-17-32(36)33-18-8-12-22-37(33)39)23-13-14-24-47-44(52)55-27-38-34-19-9-5-15-30(34)31-16-6-10-20-35(31)38;39-35(43-22-33-29-16-5-1-12-25(29)26-13-2-6-17-30(26)33)21-24(36(40)41)11-9-10-20-38-37(42)44-23-34-31-18-7-3-14-27(31)28-15-4-8-19-32(28)34;1-25(2,3)31-16-13-22(23(27)29-4)26(14-16)24(28)30-15-21-19-11-7-5-9-17(19)18-10-6-8-12-20(18)21;1-11(2,3)14-9-6-5-8(7-9)10(12)13-4/h5-12,15-22,29,38-41H,13-14,23-28H2,1-4H3,(H,47,52)(H,48,53);1-8,12-19,24,33-34H,9-11,20-23H2,(H,38,42)(H,40,41);5-12,16,21-22H,13-15H2,1-4H3;8-9H,5-7H2,1-4H3/t29-,40+,41+;24-;16-,22+;8-,9-/m1110/s1. The number of carbonyl (C=O) groups excluding carboxylic acids is 9. The number of nitrogens with zero attached hydrogens (tertiary/aromatic N) is 2. The van der Waals surface area contributed by atoms with Gasteiger partial charge in [-0.3, -0.25) is 24.1 Å². The highest BCUT2D eigenvalue weighted by atomic mass is 16.6. The second-order valence-electron chi connectivity index (χ2n) is 41.3. The number of benzene rings is 10. The number of rotatable bonds is 31. The van der Waals surface area contributed by atoms with Crippen molar-refractivity contribution >= 4 is 60.1 Å². The fraction of sp³-hybridized carbons (Fsp3) is 0.412. The van der Waals surface area contributed by atoms with Crippen LogP contribution in [0.2, 0.25) is 0 Å². The lowest BCUT2D eigenvalue weighted by molar-refractivity contribution is -0.152. The summed E-state index contributed by atoms with van der Waals surface area (Å²) < 4.78 is 61.2. The molecule has 2 saturated heterocycles. The van der Waals surface area contributed by atoms with Gasteiger partial charge in [-0.15, -0.1) is 0 Å². The number of carboxylic acids is 1. The predicted octanol–water partition coefficient (Wildman–Crippen LogP) is 21.2. The minimum absolute atomic E-state index is 0.0117. The summed E-state index contributed by atoms with van der Waals surface area (Å²) in [6.45, 7) is 19.8. The van der Waals surface area contributed by atoms with E-state index in [1.807, 2.05) is 208 Å². The molecule has 0 unspecified atom stereocenters. The molecule has 2 aliphatic heterocycles. The number of esters is 4. The molecule has 8 aliphatic rings. The van der Waals surface area contributed by atoms with Gasteiger partial charge in [0.2, 0.25) is 5.91 Å². The van der Waals surface area contributed by atoms with Crippen LogP contribution >= 0.6 is 0 Å². The summed E-state index contributed by atoms with van der Waals surface area (Å²) in [6.07, 6.45) is 3.11. The SMILES string of the molecule is COC(=O)[C@@H]1C[C@@H](OC(C)(C)C)CN1C(=O)OCC1c2ccccc2-c2ccccc21.COC(=O)[C@@H]1C[C@@H](OC(C)(C)C)CN1C(=O)[C@H](CCCCNC(=O)OCC1c2ccccc2-c2ccccc21)NC(=O)OCC1c2ccccc2-c2ccccc21.COC(=O)[C@H]1CC[C@H](OC(C)(C)C)C1.O=C(C[C@@H](CCCCNC(=O)OCC1c2ccccc2-c2ccccc21)C(=O)O)OCC1c2ccccc2-c2ccccc21. The molecule has 146 heavy (non-hydrogen) atoms. The van der Waals surface area contributed by atoms with E-state index >= 15 is 0 Å². The smallest absolute Gasteiger partial charge is 0.410 e. The second kappa shape index (κ2) is 48.3. The van der Waals surface area contributed by atoms with Crippen molar-refractivity contribution in [2.24, 2.45) is 11.8 Å². The molecule has 4 N–H and O–H groups in total. The van der Waals surface area contributed by atoms with Crippen LogP contribution in [0.1, 0.15) is 225 Å². The van der Waals surface area contributed by atoms with Crippen molar-refractivity contribution in [3.8, 4) is 55.6 Å². The zero-order valence-corrected chi connectivity index (χ0v) is 85.4. The number of nitrogens with one attached hydrogen (secondary N) is 3. The Morgan fingerprint density at radius 1 is 0.336 bits per heavy atom. The van der Waals surface area contributed by atoms with E-state index in [4.69, 9.17) is 52.1 Å². The molecule has 27 heteroatoms. The maximum atomic E-state index is 14.3. The third kappa shape index (κ3) is 26.3. The number of hydrogen-bond donors (Lipinski definition) is 4. The Labute approximate surface area is 854 Å². The highest BCUT2D eigenvalue weighted by Gasteiger charge is 2.47. The van der Waals surface area contributed by atoms with E-state index in [-0.39, 0.29) is 124 Å². The van der Waals surface area contributed by atoms with E-state index in [0.29, 0.717) is 58.2 Å². The molecule has 0 spiro atoms. The quantitative estimate of drug-likeness (QED) is 0.0178. The number of methoxy groups -OCH3 is 3. The number of carboxylic acid groups (broad SMARTS) is 1. The summed E-state index contributed by atoms with van der Waals surface area (Å²) in [5, 5.41) is 18.1. The van der Waals surface area contributed by atoms with Crippen LogP contribution in [0.3, 0.4) is 0 Å². The van der Waals surface area contributed by atoms with Gasteiger partial charge in [-0.25, -0.2) is 28.8 Å². The molecule has 5 amide bonds. The van der Waals surface area contributed by atoms with E-state index in [9.17, 15) is 53.1 Å². The molecule has 0 bridgehead atoms. The summed E-state index contributed by atoms with van der Waals surface area (Å²) >= 11 is 0. The lowest BCUT2D eigenvalue weighted by Crippen LogP contribution is -2.52. The van der Waals surface area contributed by atoms with Crippen molar-refractivity contribution in [1.29, 1.82) is 0 Å². The Hall–Kier alpha value is -14.0. The van der Waals surface area contributed by atoms with Gasteiger partial charge in [-0.2, -0.15) is 0 Å². The van der Waals surface area contributed by atoms with E-state index in [1.54, 1.807) is 0 Å². The molecule has 3 fully saturated rings. The fourth-order valence-electron chi connectivity index (χ4n) is 21.6. The second-order valence-corrected chi connectivity index (χ2v) is 41.3. The molecule has 0 aromatic heterocycles. The molecule has 10 aromatic rings. The number of amides is 5. The summed E-state index contributed by atoms with van der Waals surface area (Å²) in [4.78, 5) is 130. The Balaban J connectivity index is 0.000000159. The first kappa shape index (κ1) is 106. The van der Waals surface area contributed by atoms with Gasteiger partial charge < -0.3 is 78.1 Å². The summed E-state index contributed by atoms with van der Waals surface area (Å²) in [5.74, 6) is -4.17. The molecule has 27 nitrogen and oxygen atoms in total. The summed E-state index contributed by atoms with van der Waals surface area (Å²) in [6, 6.07) is 78.8. The number of unbranched alkanes of at least 4 members (excludes halogenated alkanes) is 2. The average molecular weight is 1990 g/mol. The third-order valence-electron chi connectivity index (χ3n) is 28.0. The fourth-order valence-corrected chi connectivity index (χ4v) is 21.6. The van der Waals surface area contributed by atoms with E-state index in [1.165, 1.54) is 53.4 Å². The topological polar surface area (TPSA) is 335 Å². The van der Waals surface area contributed by atoms with Gasteiger partial charge >= 0.3 is 54.2 Å². The van der Waals surface area contributed by atoms with Crippen molar-refractivity contribution < 1.29 is 105 Å². The first-order valence-electron chi connectivity index (χ1n) is 50.8. The van der Waals surface area contributed by atoms with Crippen molar-refractivity contribution in [1.82, 2.24) is 25.8 Å². The molecule has 6 aliphatic carbocycles. The Morgan fingerprint density at radius 3 is 0.945 bits per heavy atom. The maximum absolute atomic E-state index is 14.3. The average Bonchev–Trinajstić information content (AvgIpc) is 1.63. The van der Waals surface area contributed by atoms with Crippen molar-refractivity contribution in [3.05, 3.63) is 298 Å². The van der Waals surface area contributed by atoms with Crippen molar-refractivity contribution in [2.75, 3.05) is 80.5 Å². The number of likely N-dealkylation sites (tertiary alicyclic amines) is 2. The molecule has 2 heterocycles. The third-order valence-corrected chi connectivity index (χ3v) is 28.0. The molecule has 1 saturated carbocycles. The number of hydrogen-bond acceptors (Lipinski definition) is 21.